The SMILES string of the molecule is O=C(O)[C@@H]1CC[C@H](C(=O)NC(c2ccccc2)c2cc3ccccc3o2)C1. The van der Waals surface area contributed by atoms with Crippen molar-refractivity contribution >= 4 is 22.8 Å². The lowest BCUT2D eigenvalue weighted by Crippen LogP contribution is -2.33. The monoisotopic (exact) mass is 363 g/mol. The van der Waals surface area contributed by atoms with Gasteiger partial charge in [-0.25, -0.2) is 0 Å². The van der Waals surface area contributed by atoms with E-state index >= 15 is 0 Å². The quantitative estimate of drug-likeness (QED) is 0.714. The molecule has 27 heavy (non-hydrogen) atoms. The van der Waals surface area contributed by atoms with Crippen LogP contribution in [-0.2, 0) is 9.59 Å². The van der Waals surface area contributed by atoms with Crippen molar-refractivity contribution in [2.45, 2.75) is 25.3 Å². The zero-order valence-corrected chi connectivity index (χ0v) is 14.8. The average molecular weight is 363 g/mol. The molecule has 4 rings (SSSR count). The van der Waals surface area contributed by atoms with Crippen LogP contribution in [0.5, 0.6) is 0 Å². The molecular formula is C22H21NO4. The fraction of sp³-hybridized carbons (Fsp3) is 0.273. The van der Waals surface area contributed by atoms with Crippen LogP contribution >= 0.6 is 0 Å². The minimum atomic E-state index is -0.817. The molecule has 1 fully saturated rings. The second-order valence-corrected chi connectivity index (χ2v) is 7.08. The van der Waals surface area contributed by atoms with E-state index in [9.17, 15) is 14.7 Å². The molecule has 138 valence electrons. The minimum absolute atomic E-state index is 0.118. The van der Waals surface area contributed by atoms with Crippen LogP contribution in [0.4, 0.5) is 0 Å². The molecule has 3 aromatic rings. The Morgan fingerprint density at radius 1 is 1.00 bits per heavy atom. The van der Waals surface area contributed by atoms with Crippen LogP contribution in [0.3, 0.4) is 0 Å². The van der Waals surface area contributed by atoms with Gasteiger partial charge in [0.15, 0.2) is 0 Å². The predicted molar refractivity (Wildman–Crippen MR) is 101 cm³/mol. The van der Waals surface area contributed by atoms with Crippen molar-refractivity contribution in [1.29, 1.82) is 0 Å². The summed E-state index contributed by atoms with van der Waals surface area (Å²) in [7, 11) is 0. The number of aliphatic carboxylic acids is 1. The number of carbonyl (C=O) groups is 2. The Morgan fingerprint density at radius 2 is 1.70 bits per heavy atom. The molecular weight excluding hydrogens is 342 g/mol. The highest BCUT2D eigenvalue weighted by atomic mass is 16.4. The van der Waals surface area contributed by atoms with E-state index in [1.165, 1.54) is 0 Å². The van der Waals surface area contributed by atoms with Gasteiger partial charge in [0.25, 0.3) is 0 Å². The van der Waals surface area contributed by atoms with E-state index in [4.69, 9.17) is 4.42 Å². The lowest BCUT2D eigenvalue weighted by molar-refractivity contribution is -0.141. The zero-order chi connectivity index (χ0) is 18.8. The maximum Gasteiger partial charge on any atom is 0.306 e. The Morgan fingerprint density at radius 3 is 2.41 bits per heavy atom. The lowest BCUT2D eigenvalue weighted by Gasteiger charge is -2.19. The summed E-state index contributed by atoms with van der Waals surface area (Å²) in [6.07, 6.45) is 1.54. The summed E-state index contributed by atoms with van der Waals surface area (Å²) in [4.78, 5) is 24.0. The molecule has 0 spiro atoms. The van der Waals surface area contributed by atoms with Crippen molar-refractivity contribution in [2.24, 2.45) is 11.8 Å². The number of furan rings is 1. The minimum Gasteiger partial charge on any atom is -0.481 e. The first-order valence-corrected chi connectivity index (χ1v) is 9.18. The van der Waals surface area contributed by atoms with Crippen molar-refractivity contribution < 1.29 is 19.1 Å². The Bertz CT molecular complexity index is 930. The van der Waals surface area contributed by atoms with Crippen LogP contribution in [0.2, 0.25) is 0 Å². The molecule has 1 aliphatic carbocycles. The van der Waals surface area contributed by atoms with Crippen LogP contribution in [-0.4, -0.2) is 17.0 Å². The smallest absolute Gasteiger partial charge is 0.306 e. The number of rotatable bonds is 5. The topological polar surface area (TPSA) is 79.5 Å². The van der Waals surface area contributed by atoms with E-state index in [1.54, 1.807) is 0 Å². The zero-order valence-electron chi connectivity index (χ0n) is 14.8. The van der Waals surface area contributed by atoms with Gasteiger partial charge in [-0.05, 0) is 37.0 Å². The number of hydrogen-bond donors (Lipinski definition) is 2. The molecule has 0 radical (unpaired) electrons. The molecule has 1 heterocycles. The molecule has 1 amide bonds. The highest BCUT2D eigenvalue weighted by molar-refractivity contribution is 5.82. The van der Waals surface area contributed by atoms with Crippen molar-refractivity contribution in [3.63, 3.8) is 0 Å². The van der Waals surface area contributed by atoms with Gasteiger partial charge in [0, 0.05) is 11.3 Å². The predicted octanol–water partition coefficient (Wildman–Crippen LogP) is 4.14. The fourth-order valence-electron chi connectivity index (χ4n) is 3.81. The summed E-state index contributed by atoms with van der Waals surface area (Å²) in [5, 5.41) is 13.3. The highest BCUT2D eigenvalue weighted by Gasteiger charge is 2.35. The van der Waals surface area contributed by atoms with Gasteiger partial charge >= 0.3 is 5.97 Å². The number of para-hydroxylation sites is 1. The Labute approximate surface area is 157 Å². The number of nitrogens with one attached hydrogen (secondary N) is 1. The van der Waals surface area contributed by atoms with E-state index in [0.717, 1.165) is 16.5 Å². The summed E-state index contributed by atoms with van der Waals surface area (Å²) in [5.74, 6) is -0.970. The van der Waals surface area contributed by atoms with E-state index < -0.39 is 17.9 Å². The third-order valence-electron chi connectivity index (χ3n) is 5.30. The van der Waals surface area contributed by atoms with E-state index in [0.29, 0.717) is 25.0 Å². The third-order valence-corrected chi connectivity index (χ3v) is 5.30. The van der Waals surface area contributed by atoms with Gasteiger partial charge in [-0.1, -0.05) is 48.5 Å². The molecule has 0 bridgehead atoms. The third kappa shape index (κ3) is 3.58. The number of carbonyl (C=O) groups excluding carboxylic acids is 1. The molecule has 2 aromatic carbocycles. The molecule has 1 aromatic heterocycles. The Balaban J connectivity index is 1.61. The number of hydrogen-bond acceptors (Lipinski definition) is 3. The maximum atomic E-state index is 12.8. The average Bonchev–Trinajstić information content (AvgIpc) is 3.33. The lowest BCUT2D eigenvalue weighted by atomic mass is 10.0. The first-order chi connectivity index (χ1) is 13.1. The summed E-state index contributed by atoms with van der Waals surface area (Å²) in [6.45, 7) is 0. The summed E-state index contributed by atoms with van der Waals surface area (Å²) in [5.41, 5.74) is 1.70. The second kappa shape index (κ2) is 7.27. The van der Waals surface area contributed by atoms with Crippen LogP contribution in [0.25, 0.3) is 11.0 Å². The number of benzene rings is 2. The Kier molecular flexibility index (Phi) is 4.67. The van der Waals surface area contributed by atoms with Crippen LogP contribution < -0.4 is 5.32 Å². The van der Waals surface area contributed by atoms with Crippen molar-refractivity contribution in [1.82, 2.24) is 5.32 Å². The summed E-state index contributed by atoms with van der Waals surface area (Å²) >= 11 is 0. The molecule has 3 atom stereocenters. The maximum absolute atomic E-state index is 12.8. The summed E-state index contributed by atoms with van der Waals surface area (Å²) < 4.78 is 6.00. The fourth-order valence-corrected chi connectivity index (χ4v) is 3.81. The molecule has 1 aliphatic rings. The van der Waals surface area contributed by atoms with E-state index in [-0.39, 0.29) is 11.8 Å². The normalized spacial score (nSPS) is 20.4. The molecule has 0 aliphatic heterocycles. The van der Waals surface area contributed by atoms with Gasteiger partial charge < -0.3 is 14.8 Å². The van der Waals surface area contributed by atoms with Gasteiger partial charge in [-0.2, -0.15) is 0 Å². The van der Waals surface area contributed by atoms with E-state index in [2.05, 4.69) is 5.32 Å². The number of fused-ring (bicyclic) bond motifs is 1. The molecule has 0 saturated heterocycles. The van der Waals surface area contributed by atoms with Crippen molar-refractivity contribution in [3.05, 3.63) is 72.0 Å². The summed E-state index contributed by atoms with van der Waals surface area (Å²) in [6, 6.07) is 18.9. The number of carboxylic acids is 1. The molecule has 5 heteroatoms. The van der Waals surface area contributed by atoms with Crippen LogP contribution in [0, 0.1) is 11.8 Å². The second-order valence-electron chi connectivity index (χ2n) is 7.08. The first-order valence-electron chi connectivity index (χ1n) is 9.18. The first kappa shape index (κ1) is 17.3. The van der Waals surface area contributed by atoms with Gasteiger partial charge in [0.2, 0.25) is 5.91 Å². The Hall–Kier alpha value is -3.08. The van der Waals surface area contributed by atoms with Crippen LogP contribution in [0.1, 0.15) is 36.6 Å². The van der Waals surface area contributed by atoms with Gasteiger partial charge in [-0.3, -0.25) is 9.59 Å². The van der Waals surface area contributed by atoms with Gasteiger partial charge in [-0.15, -0.1) is 0 Å². The molecule has 1 unspecified atom stereocenters. The molecule has 2 N–H and O–H groups in total. The highest BCUT2D eigenvalue weighted by Crippen LogP contribution is 2.33. The number of amides is 1. The molecule has 5 nitrogen and oxygen atoms in total. The van der Waals surface area contributed by atoms with E-state index in [1.807, 2.05) is 60.7 Å². The van der Waals surface area contributed by atoms with Crippen molar-refractivity contribution in [3.8, 4) is 0 Å². The largest absolute Gasteiger partial charge is 0.481 e. The standard InChI is InChI=1S/C22H21NO4/c24-21(16-10-11-17(12-16)22(25)26)23-20(14-6-2-1-3-7-14)19-13-15-8-4-5-9-18(15)27-19/h1-9,13,16-17,20H,10-12H2,(H,23,24)(H,25,26)/t16-,17+,20?/m0/s1. The number of carboxylic acid groups (broad SMARTS) is 1. The van der Waals surface area contributed by atoms with Gasteiger partial charge in [0.05, 0.1) is 5.92 Å². The molecule has 1 saturated carbocycles. The van der Waals surface area contributed by atoms with Gasteiger partial charge in [0.1, 0.15) is 17.4 Å². The van der Waals surface area contributed by atoms with Crippen molar-refractivity contribution in [2.75, 3.05) is 0 Å². The van der Waals surface area contributed by atoms with Crippen LogP contribution in [0.15, 0.2) is 65.1 Å².